The number of aryl methyl sites for hydroxylation is 2. The van der Waals surface area contributed by atoms with E-state index in [-0.39, 0.29) is 0 Å². The standard InChI is InChI=1S/C15H15N3/c1-10-5-3-7-12(9-10)14-15(16)18-11(2)6-4-8-13(18)17-14/h3-9H,16H2,1-2H3. The van der Waals surface area contributed by atoms with Crippen LogP contribution in [0.5, 0.6) is 0 Å². The molecule has 18 heavy (non-hydrogen) atoms. The average molecular weight is 237 g/mol. The van der Waals surface area contributed by atoms with E-state index in [1.54, 1.807) is 0 Å². The van der Waals surface area contributed by atoms with Crippen molar-refractivity contribution in [2.24, 2.45) is 0 Å². The molecule has 0 unspecified atom stereocenters. The summed E-state index contributed by atoms with van der Waals surface area (Å²) in [7, 11) is 0. The normalized spacial score (nSPS) is 11.0. The van der Waals surface area contributed by atoms with Crippen LogP contribution in [-0.2, 0) is 0 Å². The number of nitrogen functional groups attached to an aromatic ring is 1. The molecule has 2 N–H and O–H groups in total. The van der Waals surface area contributed by atoms with Gasteiger partial charge in [0.05, 0.1) is 0 Å². The van der Waals surface area contributed by atoms with Crippen LogP contribution in [0.2, 0.25) is 0 Å². The van der Waals surface area contributed by atoms with E-state index in [1.807, 2.05) is 41.7 Å². The molecule has 2 heterocycles. The molecule has 0 aliphatic heterocycles. The number of benzene rings is 1. The van der Waals surface area contributed by atoms with Gasteiger partial charge in [0.25, 0.3) is 0 Å². The number of rotatable bonds is 1. The number of hydrogen-bond donors (Lipinski definition) is 1. The highest BCUT2D eigenvalue weighted by Gasteiger charge is 2.12. The Morgan fingerprint density at radius 2 is 1.83 bits per heavy atom. The first-order valence-electron chi connectivity index (χ1n) is 5.97. The Labute approximate surface area is 106 Å². The maximum absolute atomic E-state index is 6.22. The molecule has 2 aromatic heterocycles. The zero-order chi connectivity index (χ0) is 12.7. The molecule has 0 fully saturated rings. The summed E-state index contributed by atoms with van der Waals surface area (Å²) in [5.41, 5.74) is 11.3. The maximum Gasteiger partial charge on any atom is 0.139 e. The van der Waals surface area contributed by atoms with E-state index >= 15 is 0 Å². The third kappa shape index (κ3) is 1.56. The second-order valence-electron chi connectivity index (χ2n) is 4.58. The highest BCUT2D eigenvalue weighted by atomic mass is 15.1. The fourth-order valence-corrected chi connectivity index (χ4v) is 2.29. The van der Waals surface area contributed by atoms with Crippen LogP contribution in [0.25, 0.3) is 16.9 Å². The molecule has 0 atom stereocenters. The van der Waals surface area contributed by atoms with E-state index in [0.717, 1.165) is 22.6 Å². The smallest absolute Gasteiger partial charge is 0.139 e. The van der Waals surface area contributed by atoms with E-state index in [1.165, 1.54) is 5.56 Å². The molecule has 3 aromatic rings. The van der Waals surface area contributed by atoms with E-state index in [9.17, 15) is 0 Å². The second-order valence-corrected chi connectivity index (χ2v) is 4.58. The van der Waals surface area contributed by atoms with Gasteiger partial charge in [-0.2, -0.15) is 0 Å². The van der Waals surface area contributed by atoms with Crippen molar-refractivity contribution in [3.63, 3.8) is 0 Å². The lowest BCUT2D eigenvalue weighted by atomic mass is 10.1. The van der Waals surface area contributed by atoms with Gasteiger partial charge in [-0.25, -0.2) is 4.98 Å². The van der Waals surface area contributed by atoms with Gasteiger partial charge < -0.3 is 5.73 Å². The molecule has 3 nitrogen and oxygen atoms in total. The predicted octanol–water partition coefficient (Wildman–Crippen LogP) is 3.20. The predicted molar refractivity (Wildman–Crippen MR) is 74.5 cm³/mol. The Hall–Kier alpha value is -2.29. The van der Waals surface area contributed by atoms with E-state index in [4.69, 9.17) is 5.73 Å². The SMILES string of the molecule is Cc1cccc(-c2nc3cccc(C)n3c2N)c1. The lowest BCUT2D eigenvalue weighted by Gasteiger charge is -2.02. The molecule has 0 aliphatic carbocycles. The van der Waals surface area contributed by atoms with Crippen LogP contribution in [0, 0.1) is 13.8 Å². The van der Waals surface area contributed by atoms with Crippen LogP contribution < -0.4 is 5.73 Å². The zero-order valence-corrected chi connectivity index (χ0v) is 10.5. The van der Waals surface area contributed by atoms with Crippen molar-refractivity contribution in [1.82, 2.24) is 9.38 Å². The van der Waals surface area contributed by atoms with Gasteiger partial charge in [0.1, 0.15) is 17.2 Å². The van der Waals surface area contributed by atoms with E-state index in [2.05, 4.69) is 24.0 Å². The van der Waals surface area contributed by atoms with Gasteiger partial charge in [-0.15, -0.1) is 0 Å². The summed E-state index contributed by atoms with van der Waals surface area (Å²) < 4.78 is 1.98. The lowest BCUT2D eigenvalue weighted by molar-refractivity contribution is 1.10. The Bertz CT molecular complexity index is 726. The topological polar surface area (TPSA) is 43.3 Å². The average Bonchev–Trinajstić information content (AvgIpc) is 2.68. The molecule has 0 radical (unpaired) electrons. The number of nitrogens with zero attached hydrogens (tertiary/aromatic N) is 2. The molecule has 0 saturated heterocycles. The van der Waals surface area contributed by atoms with Crippen molar-refractivity contribution in [2.45, 2.75) is 13.8 Å². The minimum atomic E-state index is 0.703. The number of aromatic nitrogens is 2. The largest absolute Gasteiger partial charge is 0.383 e. The summed E-state index contributed by atoms with van der Waals surface area (Å²) >= 11 is 0. The van der Waals surface area contributed by atoms with Crippen molar-refractivity contribution in [1.29, 1.82) is 0 Å². The molecule has 0 amide bonds. The van der Waals surface area contributed by atoms with Crippen molar-refractivity contribution < 1.29 is 0 Å². The molecule has 3 rings (SSSR count). The van der Waals surface area contributed by atoms with Crippen LogP contribution in [0.15, 0.2) is 42.5 Å². The second kappa shape index (κ2) is 3.88. The minimum Gasteiger partial charge on any atom is -0.383 e. The van der Waals surface area contributed by atoms with Crippen molar-refractivity contribution in [3.8, 4) is 11.3 Å². The molecule has 0 saturated carbocycles. The zero-order valence-electron chi connectivity index (χ0n) is 10.5. The maximum atomic E-state index is 6.22. The Balaban J connectivity index is 2.31. The Morgan fingerprint density at radius 3 is 2.56 bits per heavy atom. The van der Waals surface area contributed by atoms with Crippen LogP contribution in [0.3, 0.4) is 0 Å². The third-order valence-corrected chi connectivity index (χ3v) is 3.17. The van der Waals surface area contributed by atoms with Gasteiger partial charge in [0.15, 0.2) is 0 Å². The number of nitrogens with two attached hydrogens (primary N) is 1. The summed E-state index contributed by atoms with van der Waals surface area (Å²) in [6.45, 7) is 4.10. The molecular formula is C15H15N3. The van der Waals surface area contributed by atoms with Crippen LogP contribution in [0.4, 0.5) is 5.82 Å². The van der Waals surface area contributed by atoms with Gasteiger partial charge in [0.2, 0.25) is 0 Å². The van der Waals surface area contributed by atoms with E-state index < -0.39 is 0 Å². The monoisotopic (exact) mass is 237 g/mol. The first kappa shape index (κ1) is 10.8. The van der Waals surface area contributed by atoms with Gasteiger partial charge in [-0.3, -0.25) is 4.40 Å². The molecule has 90 valence electrons. The highest BCUT2D eigenvalue weighted by Crippen LogP contribution is 2.27. The van der Waals surface area contributed by atoms with Gasteiger partial charge in [0, 0.05) is 11.3 Å². The highest BCUT2D eigenvalue weighted by molar-refractivity contribution is 5.75. The number of imidazole rings is 1. The van der Waals surface area contributed by atoms with E-state index in [0.29, 0.717) is 5.82 Å². The Kier molecular flexibility index (Phi) is 2.33. The van der Waals surface area contributed by atoms with Crippen molar-refractivity contribution in [3.05, 3.63) is 53.7 Å². The Morgan fingerprint density at radius 1 is 1.06 bits per heavy atom. The van der Waals surface area contributed by atoms with Crippen LogP contribution >= 0.6 is 0 Å². The van der Waals surface area contributed by atoms with Crippen molar-refractivity contribution >= 4 is 11.5 Å². The molecule has 0 aliphatic rings. The van der Waals surface area contributed by atoms with Gasteiger partial charge >= 0.3 is 0 Å². The molecule has 0 bridgehead atoms. The molecule has 0 spiro atoms. The number of anilines is 1. The summed E-state index contributed by atoms with van der Waals surface area (Å²) in [6, 6.07) is 14.3. The number of fused-ring (bicyclic) bond motifs is 1. The first-order chi connectivity index (χ1) is 8.66. The summed E-state index contributed by atoms with van der Waals surface area (Å²) in [5, 5.41) is 0. The van der Waals surface area contributed by atoms with Gasteiger partial charge in [-0.05, 0) is 32.0 Å². The first-order valence-corrected chi connectivity index (χ1v) is 5.97. The van der Waals surface area contributed by atoms with Crippen LogP contribution in [-0.4, -0.2) is 9.38 Å². The number of pyridine rings is 1. The molecule has 3 heteroatoms. The molecular weight excluding hydrogens is 222 g/mol. The third-order valence-electron chi connectivity index (χ3n) is 3.17. The summed E-state index contributed by atoms with van der Waals surface area (Å²) in [4.78, 5) is 4.62. The lowest BCUT2D eigenvalue weighted by Crippen LogP contribution is -1.97. The molecule has 1 aromatic carbocycles. The number of hydrogen-bond acceptors (Lipinski definition) is 2. The summed E-state index contributed by atoms with van der Waals surface area (Å²) in [5.74, 6) is 0.703. The summed E-state index contributed by atoms with van der Waals surface area (Å²) in [6.07, 6.45) is 0. The van der Waals surface area contributed by atoms with Gasteiger partial charge in [-0.1, -0.05) is 29.8 Å². The fraction of sp³-hybridized carbons (Fsp3) is 0.133. The minimum absolute atomic E-state index is 0.703. The quantitative estimate of drug-likeness (QED) is 0.706. The fourth-order valence-electron chi connectivity index (χ4n) is 2.29. The van der Waals surface area contributed by atoms with Crippen molar-refractivity contribution in [2.75, 3.05) is 5.73 Å². The van der Waals surface area contributed by atoms with Crippen LogP contribution in [0.1, 0.15) is 11.3 Å².